The van der Waals surface area contributed by atoms with Gasteiger partial charge in [-0.2, -0.15) is 0 Å². The van der Waals surface area contributed by atoms with Crippen molar-refractivity contribution in [3.8, 4) is 11.3 Å². The van der Waals surface area contributed by atoms with Crippen molar-refractivity contribution in [1.29, 1.82) is 0 Å². The Labute approximate surface area is 145 Å². The van der Waals surface area contributed by atoms with Crippen molar-refractivity contribution in [2.75, 3.05) is 5.32 Å². The van der Waals surface area contributed by atoms with Gasteiger partial charge in [0.15, 0.2) is 10.2 Å². The average Bonchev–Trinajstić information content (AvgIpc) is 2.97. The number of thiocarbonyl (C=S) groups is 1. The lowest BCUT2D eigenvalue weighted by molar-refractivity contribution is 0.415. The summed E-state index contributed by atoms with van der Waals surface area (Å²) in [6, 6.07) is 8.20. The van der Waals surface area contributed by atoms with Gasteiger partial charge in [-0.1, -0.05) is 43.0 Å². The van der Waals surface area contributed by atoms with E-state index in [-0.39, 0.29) is 0 Å². The van der Waals surface area contributed by atoms with Gasteiger partial charge in [-0.25, -0.2) is 4.98 Å². The molecule has 1 heterocycles. The van der Waals surface area contributed by atoms with E-state index >= 15 is 0 Å². The van der Waals surface area contributed by atoms with Crippen molar-refractivity contribution in [2.45, 2.75) is 38.1 Å². The van der Waals surface area contributed by atoms with Crippen molar-refractivity contribution in [3.05, 3.63) is 34.7 Å². The topological polar surface area (TPSA) is 37.0 Å². The largest absolute Gasteiger partial charge is 0.360 e. The first-order valence-electron chi connectivity index (χ1n) is 7.50. The van der Waals surface area contributed by atoms with Gasteiger partial charge in [0.1, 0.15) is 0 Å². The van der Waals surface area contributed by atoms with Crippen molar-refractivity contribution >= 4 is 45.4 Å². The third-order valence-electron chi connectivity index (χ3n) is 3.81. The Bertz CT molecular complexity index is 633. The maximum atomic E-state index is 5.91. The van der Waals surface area contributed by atoms with Crippen LogP contribution in [0.5, 0.6) is 0 Å². The number of rotatable bonds is 3. The number of aromatic nitrogens is 1. The molecule has 0 radical (unpaired) electrons. The molecule has 1 saturated carbocycles. The molecule has 3 rings (SSSR count). The molecule has 22 heavy (non-hydrogen) atoms. The highest BCUT2D eigenvalue weighted by Gasteiger charge is 2.14. The lowest BCUT2D eigenvalue weighted by atomic mass is 9.96. The maximum Gasteiger partial charge on any atom is 0.189 e. The molecule has 0 aliphatic heterocycles. The van der Waals surface area contributed by atoms with Crippen LogP contribution < -0.4 is 10.6 Å². The molecule has 0 spiro atoms. The van der Waals surface area contributed by atoms with E-state index in [0.717, 1.165) is 21.4 Å². The zero-order valence-corrected chi connectivity index (χ0v) is 14.5. The Hall–Kier alpha value is -1.17. The third kappa shape index (κ3) is 4.18. The van der Waals surface area contributed by atoms with Crippen molar-refractivity contribution in [2.24, 2.45) is 0 Å². The predicted octanol–water partition coefficient (Wildman–Crippen LogP) is 5.08. The van der Waals surface area contributed by atoms with E-state index in [1.165, 1.54) is 32.1 Å². The van der Waals surface area contributed by atoms with E-state index in [1.807, 2.05) is 29.6 Å². The van der Waals surface area contributed by atoms with Crippen LogP contribution in [-0.2, 0) is 0 Å². The van der Waals surface area contributed by atoms with Crippen molar-refractivity contribution in [3.63, 3.8) is 0 Å². The Balaban J connectivity index is 1.59. The van der Waals surface area contributed by atoms with Crippen molar-refractivity contribution < 1.29 is 0 Å². The van der Waals surface area contributed by atoms with Crippen LogP contribution in [0.15, 0.2) is 29.6 Å². The second kappa shape index (κ2) is 7.40. The first-order chi connectivity index (χ1) is 10.7. The molecule has 1 aromatic carbocycles. The fraction of sp³-hybridized carbons (Fsp3) is 0.375. The van der Waals surface area contributed by atoms with Crippen LogP contribution in [0.4, 0.5) is 5.13 Å². The van der Waals surface area contributed by atoms with E-state index < -0.39 is 0 Å². The smallest absolute Gasteiger partial charge is 0.189 e. The Morgan fingerprint density at radius 2 is 1.91 bits per heavy atom. The SMILES string of the molecule is S=C(Nc1nc(-c2ccc(Cl)cc2)cs1)NC1CCCCC1. The summed E-state index contributed by atoms with van der Waals surface area (Å²) in [5.41, 5.74) is 1.99. The van der Waals surface area contributed by atoms with Crippen molar-refractivity contribution in [1.82, 2.24) is 10.3 Å². The van der Waals surface area contributed by atoms with Crippen LogP contribution in [0.1, 0.15) is 32.1 Å². The fourth-order valence-electron chi connectivity index (χ4n) is 2.65. The summed E-state index contributed by atoms with van der Waals surface area (Å²) < 4.78 is 0. The van der Waals surface area contributed by atoms with E-state index in [1.54, 1.807) is 11.3 Å². The molecule has 2 N–H and O–H groups in total. The zero-order chi connectivity index (χ0) is 15.4. The predicted molar refractivity (Wildman–Crippen MR) is 98.8 cm³/mol. The molecule has 0 amide bonds. The summed E-state index contributed by atoms with van der Waals surface area (Å²) >= 11 is 12.9. The molecular weight excluding hydrogens is 334 g/mol. The number of thiazole rings is 1. The van der Waals surface area contributed by atoms with Gasteiger partial charge in [-0.15, -0.1) is 11.3 Å². The summed E-state index contributed by atoms with van der Waals surface area (Å²) in [5.74, 6) is 0. The van der Waals surface area contributed by atoms with Gasteiger partial charge < -0.3 is 10.6 Å². The molecule has 0 bridgehead atoms. The number of hydrogen-bond acceptors (Lipinski definition) is 3. The van der Waals surface area contributed by atoms with Gasteiger partial charge in [0.05, 0.1) is 5.69 Å². The van der Waals surface area contributed by atoms with E-state index in [2.05, 4.69) is 15.6 Å². The lowest BCUT2D eigenvalue weighted by Crippen LogP contribution is -2.38. The molecule has 1 aliphatic rings. The minimum atomic E-state index is 0.504. The highest BCUT2D eigenvalue weighted by Crippen LogP contribution is 2.26. The van der Waals surface area contributed by atoms with E-state index in [0.29, 0.717) is 11.2 Å². The first kappa shape index (κ1) is 15.7. The zero-order valence-electron chi connectivity index (χ0n) is 12.1. The average molecular weight is 352 g/mol. The molecule has 1 aromatic heterocycles. The standard InChI is InChI=1S/C16H18ClN3S2/c17-12-8-6-11(7-9-12)14-10-22-16(19-14)20-15(21)18-13-4-2-1-3-5-13/h6-10,13H,1-5H2,(H2,18,19,20,21). The normalized spacial score (nSPS) is 15.5. The van der Waals surface area contributed by atoms with Gasteiger partial charge in [0.25, 0.3) is 0 Å². The molecule has 0 atom stereocenters. The van der Waals surface area contributed by atoms with Crippen LogP contribution in [0, 0.1) is 0 Å². The lowest BCUT2D eigenvalue weighted by Gasteiger charge is -2.23. The summed E-state index contributed by atoms with van der Waals surface area (Å²) in [4.78, 5) is 4.58. The number of nitrogens with one attached hydrogen (secondary N) is 2. The van der Waals surface area contributed by atoms with Crippen LogP contribution in [0.3, 0.4) is 0 Å². The monoisotopic (exact) mass is 351 g/mol. The summed E-state index contributed by atoms with van der Waals surface area (Å²) in [6.07, 6.45) is 6.33. The van der Waals surface area contributed by atoms with Crippen LogP contribution in [-0.4, -0.2) is 16.1 Å². The van der Waals surface area contributed by atoms with Gasteiger partial charge in [0.2, 0.25) is 0 Å². The third-order valence-corrected chi connectivity index (χ3v) is 5.03. The Morgan fingerprint density at radius 3 is 2.64 bits per heavy atom. The first-order valence-corrected chi connectivity index (χ1v) is 9.16. The molecular formula is C16H18ClN3S2. The van der Waals surface area contributed by atoms with Crippen LogP contribution in [0.25, 0.3) is 11.3 Å². The van der Waals surface area contributed by atoms with Gasteiger partial charge in [0, 0.05) is 22.0 Å². The highest BCUT2D eigenvalue weighted by molar-refractivity contribution is 7.80. The van der Waals surface area contributed by atoms with E-state index in [4.69, 9.17) is 23.8 Å². The fourth-order valence-corrected chi connectivity index (χ4v) is 3.83. The maximum absolute atomic E-state index is 5.91. The number of benzene rings is 1. The Morgan fingerprint density at radius 1 is 1.18 bits per heavy atom. The molecule has 2 aromatic rings. The number of halogens is 1. The second-order valence-electron chi connectivity index (χ2n) is 5.48. The second-order valence-corrected chi connectivity index (χ2v) is 7.18. The van der Waals surface area contributed by atoms with Gasteiger partial charge in [-0.3, -0.25) is 0 Å². The molecule has 116 valence electrons. The summed E-state index contributed by atoms with van der Waals surface area (Å²) in [7, 11) is 0. The number of anilines is 1. The molecule has 1 aliphatic carbocycles. The summed E-state index contributed by atoms with van der Waals surface area (Å²) in [6.45, 7) is 0. The highest BCUT2D eigenvalue weighted by atomic mass is 35.5. The molecule has 1 fully saturated rings. The number of hydrogen-bond donors (Lipinski definition) is 2. The van der Waals surface area contributed by atoms with Crippen LogP contribution in [0.2, 0.25) is 5.02 Å². The minimum absolute atomic E-state index is 0.504. The summed E-state index contributed by atoms with van der Waals surface area (Å²) in [5, 5.41) is 10.8. The van der Waals surface area contributed by atoms with Gasteiger partial charge in [-0.05, 0) is 37.2 Å². The number of nitrogens with zero attached hydrogens (tertiary/aromatic N) is 1. The Kier molecular flexibility index (Phi) is 5.28. The van der Waals surface area contributed by atoms with E-state index in [9.17, 15) is 0 Å². The molecule has 0 saturated heterocycles. The molecule has 3 nitrogen and oxygen atoms in total. The van der Waals surface area contributed by atoms with Crippen LogP contribution >= 0.6 is 35.2 Å². The molecule has 6 heteroatoms. The minimum Gasteiger partial charge on any atom is -0.360 e. The molecule has 0 unspecified atom stereocenters. The van der Waals surface area contributed by atoms with Gasteiger partial charge >= 0.3 is 0 Å². The quantitative estimate of drug-likeness (QED) is 0.756.